The van der Waals surface area contributed by atoms with E-state index in [2.05, 4.69) is 10.2 Å². The molecule has 1 aromatic carbocycles. The fraction of sp³-hybridized carbons (Fsp3) is 0.111. The van der Waals surface area contributed by atoms with Crippen molar-refractivity contribution in [2.75, 3.05) is 7.11 Å². The Balaban J connectivity index is 0.00000225. The molecule has 0 aliphatic carbocycles. The Kier molecular flexibility index (Phi) is 6.29. The third-order valence-corrected chi connectivity index (χ3v) is 1.85. The van der Waals surface area contributed by atoms with Crippen LogP contribution in [0, 0.1) is 0 Å². The third-order valence-electron chi connectivity index (χ3n) is 1.56. The zero-order chi connectivity index (χ0) is 11.3. The Hall–Kier alpha value is -1.46. The second-order valence-corrected chi connectivity index (χ2v) is 3.07. The zero-order valence-electron chi connectivity index (χ0n) is 8.55. The average Bonchev–Trinajstić information content (AvgIpc) is 2.17. The van der Waals surface area contributed by atoms with Gasteiger partial charge in [0.25, 0.3) is 0 Å². The van der Waals surface area contributed by atoms with E-state index in [0.717, 1.165) is 5.56 Å². The molecule has 0 aromatic heterocycles. The van der Waals surface area contributed by atoms with E-state index in [1.807, 2.05) is 0 Å². The Labute approximate surface area is 105 Å². The number of nitrogens with two attached hydrogens (primary N) is 2. The maximum Gasteiger partial charge on any atom is 0.211 e. The molecular weight excluding hydrogens is 251 g/mol. The Morgan fingerprint density at radius 2 is 2.12 bits per heavy atom. The third kappa shape index (κ3) is 4.37. The zero-order valence-corrected chi connectivity index (χ0v) is 10.1. The van der Waals surface area contributed by atoms with Crippen molar-refractivity contribution in [1.29, 1.82) is 0 Å². The van der Waals surface area contributed by atoms with Crippen LogP contribution in [0.2, 0.25) is 5.02 Å². The molecule has 0 unspecified atom stereocenters. The summed E-state index contributed by atoms with van der Waals surface area (Å²) in [7, 11) is 1.55. The van der Waals surface area contributed by atoms with Crippen molar-refractivity contribution in [3.8, 4) is 5.75 Å². The number of hydrogen-bond donors (Lipinski definition) is 2. The fourth-order valence-corrected chi connectivity index (χ4v) is 1.19. The number of halogens is 2. The molecule has 0 heterocycles. The number of methoxy groups -OCH3 is 1. The van der Waals surface area contributed by atoms with Crippen LogP contribution >= 0.6 is 24.0 Å². The number of guanidine groups is 1. The summed E-state index contributed by atoms with van der Waals surface area (Å²) in [4.78, 5) is 0. The quantitative estimate of drug-likeness (QED) is 0.490. The van der Waals surface area contributed by atoms with Gasteiger partial charge in [0.15, 0.2) is 0 Å². The fourth-order valence-electron chi connectivity index (χ4n) is 0.925. The van der Waals surface area contributed by atoms with Gasteiger partial charge in [0.1, 0.15) is 5.75 Å². The molecule has 0 saturated carbocycles. The number of rotatable bonds is 3. The summed E-state index contributed by atoms with van der Waals surface area (Å²) in [5.74, 6) is 0.515. The highest BCUT2D eigenvalue weighted by Crippen LogP contribution is 2.24. The van der Waals surface area contributed by atoms with Crippen molar-refractivity contribution in [2.45, 2.75) is 0 Å². The van der Waals surface area contributed by atoms with Crippen LogP contribution < -0.4 is 16.2 Å². The van der Waals surface area contributed by atoms with Gasteiger partial charge >= 0.3 is 0 Å². The highest BCUT2D eigenvalue weighted by molar-refractivity contribution is 6.32. The molecule has 4 N–H and O–H groups in total. The van der Waals surface area contributed by atoms with Crippen molar-refractivity contribution < 1.29 is 4.74 Å². The normalized spacial score (nSPS) is 9.62. The monoisotopic (exact) mass is 262 g/mol. The number of ether oxygens (including phenoxy) is 1. The van der Waals surface area contributed by atoms with Gasteiger partial charge in [-0.3, -0.25) is 0 Å². The van der Waals surface area contributed by atoms with E-state index in [4.69, 9.17) is 27.8 Å². The first-order chi connectivity index (χ1) is 7.13. The van der Waals surface area contributed by atoms with Gasteiger partial charge in [0.05, 0.1) is 18.3 Å². The molecular formula is C9H12Cl2N4O. The summed E-state index contributed by atoms with van der Waals surface area (Å²) >= 11 is 5.90. The molecule has 88 valence electrons. The van der Waals surface area contributed by atoms with Gasteiger partial charge in [0, 0.05) is 0 Å². The lowest BCUT2D eigenvalue weighted by Crippen LogP contribution is -2.21. The molecule has 16 heavy (non-hydrogen) atoms. The smallest absolute Gasteiger partial charge is 0.211 e. The Morgan fingerprint density at radius 3 is 2.62 bits per heavy atom. The van der Waals surface area contributed by atoms with Crippen molar-refractivity contribution in [3.63, 3.8) is 0 Å². The second kappa shape index (κ2) is 6.92. The van der Waals surface area contributed by atoms with Crippen LogP contribution in [0.3, 0.4) is 0 Å². The van der Waals surface area contributed by atoms with Crippen LogP contribution in [0.15, 0.2) is 28.4 Å². The minimum Gasteiger partial charge on any atom is -0.495 e. The van der Waals surface area contributed by atoms with Gasteiger partial charge in [0.2, 0.25) is 5.96 Å². The number of benzene rings is 1. The summed E-state index contributed by atoms with van der Waals surface area (Å²) in [6.07, 6.45) is 1.49. The van der Waals surface area contributed by atoms with E-state index >= 15 is 0 Å². The van der Waals surface area contributed by atoms with Gasteiger partial charge in [-0.1, -0.05) is 11.6 Å². The minimum absolute atomic E-state index is 0. The van der Waals surface area contributed by atoms with Crippen LogP contribution in [0.4, 0.5) is 0 Å². The molecule has 0 aliphatic rings. The lowest BCUT2D eigenvalue weighted by Gasteiger charge is -2.02. The van der Waals surface area contributed by atoms with E-state index in [1.54, 1.807) is 25.3 Å². The number of nitrogens with zero attached hydrogens (tertiary/aromatic N) is 2. The lowest BCUT2D eigenvalue weighted by molar-refractivity contribution is 0.415. The largest absolute Gasteiger partial charge is 0.495 e. The highest BCUT2D eigenvalue weighted by Gasteiger charge is 1.99. The van der Waals surface area contributed by atoms with Crippen molar-refractivity contribution in [2.24, 2.45) is 21.7 Å². The average molecular weight is 263 g/mol. The summed E-state index contributed by atoms with van der Waals surface area (Å²) in [5, 5.41) is 7.62. The van der Waals surface area contributed by atoms with Gasteiger partial charge < -0.3 is 16.2 Å². The Bertz CT molecular complexity index is 402. The van der Waals surface area contributed by atoms with Crippen molar-refractivity contribution in [3.05, 3.63) is 28.8 Å². The molecule has 0 amide bonds. The Morgan fingerprint density at radius 1 is 1.44 bits per heavy atom. The predicted octanol–water partition coefficient (Wildman–Crippen LogP) is 1.38. The maximum absolute atomic E-state index is 5.90. The topological polar surface area (TPSA) is 86.0 Å². The standard InChI is InChI=1S/C9H11ClN4O.ClH/c1-15-8-3-2-6(4-7(8)10)5-13-14-9(11)12;/h2-5H,1H3,(H4,11,12,14);1H/b13-5+;. The molecule has 7 heteroatoms. The van der Waals surface area contributed by atoms with Crippen LogP contribution in [0.5, 0.6) is 5.75 Å². The van der Waals surface area contributed by atoms with E-state index in [-0.39, 0.29) is 18.4 Å². The molecule has 5 nitrogen and oxygen atoms in total. The minimum atomic E-state index is -0.0918. The second-order valence-electron chi connectivity index (χ2n) is 2.66. The molecule has 0 bridgehead atoms. The highest BCUT2D eigenvalue weighted by atomic mass is 35.5. The molecule has 1 aromatic rings. The molecule has 0 aliphatic heterocycles. The van der Waals surface area contributed by atoms with E-state index in [1.165, 1.54) is 6.21 Å². The first-order valence-corrected chi connectivity index (χ1v) is 4.47. The van der Waals surface area contributed by atoms with Crippen LogP contribution in [-0.4, -0.2) is 19.3 Å². The lowest BCUT2D eigenvalue weighted by atomic mass is 10.2. The molecule has 1 rings (SSSR count). The molecule has 0 radical (unpaired) electrons. The predicted molar refractivity (Wildman–Crippen MR) is 68.7 cm³/mol. The van der Waals surface area contributed by atoms with E-state index < -0.39 is 0 Å². The maximum atomic E-state index is 5.90. The SMILES string of the molecule is COc1ccc(/C=N/N=C(N)N)cc1Cl.Cl. The van der Waals surface area contributed by atoms with Crippen LogP contribution in [0.25, 0.3) is 0 Å². The summed E-state index contributed by atoms with van der Waals surface area (Å²) in [5.41, 5.74) is 11.0. The van der Waals surface area contributed by atoms with E-state index in [9.17, 15) is 0 Å². The molecule has 0 spiro atoms. The summed E-state index contributed by atoms with van der Waals surface area (Å²) < 4.78 is 5.00. The van der Waals surface area contributed by atoms with Gasteiger partial charge in [-0.05, 0) is 23.8 Å². The summed E-state index contributed by atoms with van der Waals surface area (Å²) in [6, 6.07) is 5.22. The number of hydrogen-bond acceptors (Lipinski definition) is 3. The molecule has 0 saturated heterocycles. The first-order valence-electron chi connectivity index (χ1n) is 4.09. The van der Waals surface area contributed by atoms with Crippen LogP contribution in [-0.2, 0) is 0 Å². The van der Waals surface area contributed by atoms with Gasteiger partial charge in [-0.2, -0.15) is 5.10 Å². The molecule has 0 atom stereocenters. The summed E-state index contributed by atoms with van der Waals surface area (Å²) in [6.45, 7) is 0. The molecule has 0 fully saturated rings. The first kappa shape index (κ1) is 14.5. The van der Waals surface area contributed by atoms with Crippen molar-refractivity contribution >= 4 is 36.2 Å². The van der Waals surface area contributed by atoms with Crippen LogP contribution in [0.1, 0.15) is 5.56 Å². The van der Waals surface area contributed by atoms with Crippen molar-refractivity contribution in [1.82, 2.24) is 0 Å². The van der Waals surface area contributed by atoms with E-state index in [0.29, 0.717) is 10.8 Å². The van der Waals surface area contributed by atoms with Gasteiger partial charge in [-0.15, -0.1) is 17.5 Å². The van der Waals surface area contributed by atoms with Gasteiger partial charge in [-0.25, -0.2) is 0 Å².